The summed E-state index contributed by atoms with van der Waals surface area (Å²) in [6.07, 6.45) is 4.85. The largest absolute Gasteiger partial charge is 0.297 e. The standard InChI is InChI=1S/C15H25N5/c1-5-13-17-14(6-2)20(19-13)11(3)9-15(4,10-16)18-12-7-8-12/h11-12,18H,5-9H2,1-4H3. The molecule has 1 aromatic rings. The van der Waals surface area contributed by atoms with Crippen molar-refractivity contribution >= 4 is 0 Å². The average Bonchev–Trinajstić information content (AvgIpc) is 3.13. The lowest BCUT2D eigenvalue weighted by Gasteiger charge is -2.27. The van der Waals surface area contributed by atoms with Gasteiger partial charge in [0.25, 0.3) is 0 Å². The lowest BCUT2D eigenvalue weighted by Crippen LogP contribution is -2.44. The molecule has 0 radical (unpaired) electrons. The van der Waals surface area contributed by atoms with Gasteiger partial charge in [-0.3, -0.25) is 5.32 Å². The van der Waals surface area contributed by atoms with E-state index in [4.69, 9.17) is 0 Å². The van der Waals surface area contributed by atoms with Gasteiger partial charge in [0.15, 0.2) is 5.82 Å². The maximum Gasteiger partial charge on any atom is 0.150 e. The molecule has 1 fully saturated rings. The Morgan fingerprint density at radius 3 is 2.65 bits per heavy atom. The Morgan fingerprint density at radius 1 is 1.45 bits per heavy atom. The predicted octanol–water partition coefficient (Wildman–Crippen LogP) is 2.39. The Balaban J connectivity index is 2.11. The van der Waals surface area contributed by atoms with E-state index < -0.39 is 5.54 Å². The summed E-state index contributed by atoms with van der Waals surface area (Å²) >= 11 is 0. The van der Waals surface area contributed by atoms with Crippen LogP contribution in [-0.4, -0.2) is 26.3 Å². The van der Waals surface area contributed by atoms with Gasteiger partial charge in [0.1, 0.15) is 11.4 Å². The summed E-state index contributed by atoms with van der Waals surface area (Å²) in [4.78, 5) is 4.55. The average molecular weight is 275 g/mol. The summed E-state index contributed by atoms with van der Waals surface area (Å²) in [5.74, 6) is 1.91. The first kappa shape index (κ1) is 15.0. The van der Waals surface area contributed by atoms with Gasteiger partial charge in [0, 0.05) is 25.3 Å². The number of aromatic nitrogens is 3. The zero-order valence-corrected chi connectivity index (χ0v) is 13.0. The van der Waals surface area contributed by atoms with Crippen molar-refractivity contribution < 1.29 is 0 Å². The van der Waals surface area contributed by atoms with Crippen LogP contribution in [0, 0.1) is 11.3 Å². The summed E-state index contributed by atoms with van der Waals surface area (Å²) in [5.41, 5.74) is -0.482. The minimum atomic E-state index is -0.482. The van der Waals surface area contributed by atoms with Crippen LogP contribution in [0.5, 0.6) is 0 Å². The third-order valence-corrected chi connectivity index (χ3v) is 3.85. The van der Waals surface area contributed by atoms with Crippen LogP contribution in [0.25, 0.3) is 0 Å². The topological polar surface area (TPSA) is 66.5 Å². The van der Waals surface area contributed by atoms with Gasteiger partial charge in [0.2, 0.25) is 0 Å². The second-order valence-electron chi connectivity index (χ2n) is 6.01. The van der Waals surface area contributed by atoms with Gasteiger partial charge >= 0.3 is 0 Å². The molecule has 2 atom stereocenters. The number of hydrogen-bond donors (Lipinski definition) is 1. The van der Waals surface area contributed by atoms with Crippen molar-refractivity contribution in [3.63, 3.8) is 0 Å². The second-order valence-corrected chi connectivity index (χ2v) is 6.01. The minimum Gasteiger partial charge on any atom is -0.297 e. The smallest absolute Gasteiger partial charge is 0.150 e. The maximum absolute atomic E-state index is 9.48. The lowest BCUT2D eigenvalue weighted by molar-refractivity contribution is 0.324. The SMILES string of the molecule is CCc1nc(CC)n(C(C)CC(C)(C#N)NC2CC2)n1. The molecule has 0 saturated heterocycles. The fourth-order valence-corrected chi connectivity index (χ4v) is 2.64. The molecular formula is C15H25N5. The van der Waals surface area contributed by atoms with Gasteiger partial charge in [0.05, 0.1) is 12.1 Å². The third kappa shape index (κ3) is 3.37. The van der Waals surface area contributed by atoms with Crippen molar-refractivity contribution in [3.05, 3.63) is 11.6 Å². The maximum atomic E-state index is 9.48. The Kier molecular flexibility index (Phi) is 4.44. The van der Waals surface area contributed by atoms with Gasteiger partial charge in [-0.1, -0.05) is 13.8 Å². The van der Waals surface area contributed by atoms with Gasteiger partial charge in [-0.2, -0.15) is 10.4 Å². The van der Waals surface area contributed by atoms with Gasteiger partial charge in [-0.05, 0) is 26.7 Å². The molecule has 1 saturated carbocycles. The molecule has 20 heavy (non-hydrogen) atoms. The Hall–Kier alpha value is -1.41. The third-order valence-electron chi connectivity index (χ3n) is 3.85. The molecule has 1 aromatic heterocycles. The van der Waals surface area contributed by atoms with Gasteiger partial charge in [-0.25, -0.2) is 9.67 Å². The summed E-state index contributed by atoms with van der Waals surface area (Å²) < 4.78 is 2.00. The van der Waals surface area contributed by atoms with Crippen LogP contribution >= 0.6 is 0 Å². The molecule has 2 unspecified atom stereocenters. The molecule has 5 heteroatoms. The molecule has 0 spiro atoms. The molecule has 2 rings (SSSR count). The number of nitrogens with zero attached hydrogens (tertiary/aromatic N) is 4. The van der Waals surface area contributed by atoms with E-state index in [0.717, 1.165) is 30.9 Å². The van der Waals surface area contributed by atoms with Crippen LogP contribution in [0.2, 0.25) is 0 Å². The van der Waals surface area contributed by atoms with Crippen molar-refractivity contribution in [2.45, 2.75) is 77.4 Å². The fraction of sp³-hybridized carbons (Fsp3) is 0.800. The van der Waals surface area contributed by atoms with E-state index in [1.54, 1.807) is 0 Å². The highest BCUT2D eigenvalue weighted by molar-refractivity contribution is 5.08. The van der Waals surface area contributed by atoms with Crippen molar-refractivity contribution in [2.24, 2.45) is 0 Å². The second kappa shape index (κ2) is 5.92. The van der Waals surface area contributed by atoms with Crippen molar-refractivity contribution in [3.8, 4) is 6.07 Å². The number of rotatable bonds is 7. The van der Waals surface area contributed by atoms with E-state index in [-0.39, 0.29) is 6.04 Å². The normalized spacial score (nSPS) is 19.4. The van der Waals surface area contributed by atoms with E-state index in [1.807, 2.05) is 11.6 Å². The molecule has 1 N–H and O–H groups in total. The van der Waals surface area contributed by atoms with Crippen LogP contribution in [-0.2, 0) is 12.8 Å². The molecule has 0 bridgehead atoms. The zero-order chi connectivity index (χ0) is 14.8. The molecular weight excluding hydrogens is 250 g/mol. The molecule has 1 aliphatic carbocycles. The van der Waals surface area contributed by atoms with Crippen LogP contribution in [0.3, 0.4) is 0 Å². The van der Waals surface area contributed by atoms with Crippen LogP contribution < -0.4 is 5.32 Å². The fourth-order valence-electron chi connectivity index (χ4n) is 2.64. The molecule has 0 amide bonds. The lowest BCUT2D eigenvalue weighted by atomic mass is 9.95. The van der Waals surface area contributed by atoms with E-state index in [1.165, 1.54) is 12.8 Å². The van der Waals surface area contributed by atoms with Crippen molar-refractivity contribution in [1.82, 2.24) is 20.1 Å². The van der Waals surface area contributed by atoms with Crippen LogP contribution in [0.1, 0.15) is 64.6 Å². The van der Waals surface area contributed by atoms with Gasteiger partial charge in [-0.15, -0.1) is 0 Å². The number of aryl methyl sites for hydroxylation is 2. The molecule has 1 aliphatic rings. The summed E-state index contributed by atoms with van der Waals surface area (Å²) in [5, 5.41) is 17.5. The van der Waals surface area contributed by atoms with E-state index in [9.17, 15) is 5.26 Å². The summed E-state index contributed by atoms with van der Waals surface area (Å²) in [6, 6.07) is 3.14. The van der Waals surface area contributed by atoms with Gasteiger partial charge < -0.3 is 0 Å². The zero-order valence-electron chi connectivity index (χ0n) is 13.0. The molecule has 5 nitrogen and oxygen atoms in total. The molecule has 110 valence electrons. The van der Waals surface area contributed by atoms with E-state index in [2.05, 4.69) is 42.2 Å². The Labute approximate surface area is 121 Å². The number of nitrogens with one attached hydrogen (secondary N) is 1. The first-order valence-corrected chi connectivity index (χ1v) is 7.64. The number of hydrogen-bond acceptors (Lipinski definition) is 4. The highest BCUT2D eigenvalue weighted by Crippen LogP contribution is 2.27. The quantitative estimate of drug-likeness (QED) is 0.829. The molecule has 0 aliphatic heterocycles. The summed E-state index contributed by atoms with van der Waals surface area (Å²) in [6.45, 7) is 8.28. The first-order valence-electron chi connectivity index (χ1n) is 7.64. The highest BCUT2D eigenvalue weighted by atomic mass is 15.4. The van der Waals surface area contributed by atoms with E-state index in [0.29, 0.717) is 6.04 Å². The first-order chi connectivity index (χ1) is 9.51. The summed E-state index contributed by atoms with van der Waals surface area (Å²) in [7, 11) is 0. The predicted molar refractivity (Wildman–Crippen MR) is 78.3 cm³/mol. The van der Waals surface area contributed by atoms with Crippen LogP contribution in [0.15, 0.2) is 0 Å². The Morgan fingerprint density at radius 2 is 2.15 bits per heavy atom. The minimum absolute atomic E-state index is 0.175. The number of nitriles is 1. The molecule has 1 heterocycles. The van der Waals surface area contributed by atoms with Crippen LogP contribution in [0.4, 0.5) is 0 Å². The van der Waals surface area contributed by atoms with E-state index >= 15 is 0 Å². The highest BCUT2D eigenvalue weighted by Gasteiger charge is 2.34. The van der Waals surface area contributed by atoms with Crippen molar-refractivity contribution in [1.29, 1.82) is 5.26 Å². The Bertz CT molecular complexity index is 497. The van der Waals surface area contributed by atoms with Crippen molar-refractivity contribution in [2.75, 3.05) is 0 Å². The monoisotopic (exact) mass is 275 g/mol. The molecule has 0 aromatic carbocycles.